The van der Waals surface area contributed by atoms with Crippen molar-refractivity contribution in [3.63, 3.8) is 0 Å². The Morgan fingerprint density at radius 2 is 1.86 bits per heavy atom. The molecule has 2 heterocycles. The molecule has 0 spiro atoms. The van der Waals surface area contributed by atoms with E-state index in [0.717, 1.165) is 61.4 Å². The van der Waals surface area contributed by atoms with Crippen LogP contribution in [0.2, 0.25) is 0 Å². The molecule has 7 nitrogen and oxygen atoms in total. The minimum atomic E-state index is 0.0809. The molecule has 4 aliphatic rings. The fraction of sp³-hybridized carbons (Fsp3) is 0.684. The predicted molar refractivity (Wildman–Crippen MR) is 107 cm³/mol. The number of hydrogen-bond acceptors (Lipinski definition) is 8. The van der Waals surface area contributed by atoms with Gasteiger partial charge in [-0.25, -0.2) is 0 Å². The van der Waals surface area contributed by atoms with Gasteiger partial charge in [-0.3, -0.25) is 4.79 Å². The number of carbonyl (C=O) groups is 1. The van der Waals surface area contributed by atoms with Crippen LogP contribution in [0.5, 0.6) is 0 Å². The van der Waals surface area contributed by atoms with Crippen molar-refractivity contribution < 1.29 is 4.79 Å². The van der Waals surface area contributed by atoms with E-state index in [0.29, 0.717) is 5.92 Å². The maximum absolute atomic E-state index is 11.1. The molecule has 0 atom stereocenters. The molecule has 2 bridgehead atoms. The zero-order chi connectivity index (χ0) is 19.6. The fourth-order valence-electron chi connectivity index (χ4n) is 5.09. The molecule has 0 aromatic carbocycles. The largest absolute Gasteiger partial charge is 0.351 e. The molecule has 9 heteroatoms. The summed E-state index contributed by atoms with van der Waals surface area (Å²) in [6, 6.07) is 2.34. The van der Waals surface area contributed by atoms with Crippen molar-refractivity contribution in [1.29, 1.82) is 5.26 Å². The molecule has 2 aromatic heterocycles. The second-order valence-corrected chi connectivity index (χ2v) is 9.99. The molecule has 0 radical (unpaired) electrons. The number of rotatable bonds is 3. The van der Waals surface area contributed by atoms with Gasteiger partial charge in [0.05, 0.1) is 6.07 Å². The third-order valence-electron chi connectivity index (χ3n) is 6.33. The lowest BCUT2D eigenvalue weighted by molar-refractivity contribution is -0.121. The Morgan fingerprint density at radius 3 is 2.43 bits per heavy atom. The molecule has 6 rings (SSSR count). The fourth-order valence-corrected chi connectivity index (χ4v) is 6.60. The van der Waals surface area contributed by atoms with E-state index in [1.807, 2.05) is 0 Å². The number of nitriles is 1. The van der Waals surface area contributed by atoms with Gasteiger partial charge in [-0.1, -0.05) is 0 Å². The average Bonchev–Trinajstić information content (AvgIpc) is 3.44. The van der Waals surface area contributed by atoms with Gasteiger partial charge in [0.2, 0.25) is 5.91 Å². The Morgan fingerprint density at radius 1 is 1.14 bits per heavy atom. The van der Waals surface area contributed by atoms with Crippen molar-refractivity contribution in [3.8, 4) is 6.07 Å². The topological polar surface area (TPSA) is 104 Å². The molecular weight excluding hydrogens is 392 g/mol. The smallest absolute Gasteiger partial charge is 0.217 e. The summed E-state index contributed by atoms with van der Waals surface area (Å²) < 4.78 is 0. The summed E-state index contributed by atoms with van der Waals surface area (Å²) in [6.07, 6.45) is 8.60. The standard InChI is InChI=1S/C10H13N3OS.C9H11N3S/c1-7(14)12-10-3-2-9(4-10,5-10)8-13-11-6-15-8;10-5-7-1-3-8(4-2-7)9-12-11-6-13-9/h6H,2-5H2,1H3,(H,12,14);6-8H,1-4H2. The monoisotopic (exact) mass is 416 g/mol. The Hall–Kier alpha value is -1.92. The molecule has 148 valence electrons. The first-order valence-corrected chi connectivity index (χ1v) is 11.5. The van der Waals surface area contributed by atoms with Gasteiger partial charge in [0, 0.05) is 29.7 Å². The van der Waals surface area contributed by atoms with Gasteiger partial charge >= 0.3 is 0 Å². The van der Waals surface area contributed by atoms with Crippen molar-refractivity contribution in [2.45, 2.75) is 75.2 Å². The normalized spacial score (nSPS) is 33.1. The number of nitrogens with zero attached hydrogens (tertiary/aromatic N) is 5. The van der Waals surface area contributed by atoms with E-state index in [2.05, 4.69) is 31.8 Å². The van der Waals surface area contributed by atoms with Gasteiger partial charge in [0.1, 0.15) is 21.0 Å². The Kier molecular flexibility index (Phi) is 5.43. The second-order valence-electron chi connectivity index (χ2n) is 8.29. The number of carbonyl (C=O) groups excluding carboxylic acids is 1. The summed E-state index contributed by atoms with van der Waals surface area (Å²) >= 11 is 3.27. The zero-order valence-electron chi connectivity index (χ0n) is 15.9. The van der Waals surface area contributed by atoms with E-state index >= 15 is 0 Å². The molecule has 1 amide bonds. The molecule has 4 saturated carbocycles. The molecule has 0 unspecified atom stereocenters. The highest BCUT2D eigenvalue weighted by atomic mass is 32.1. The SMILES string of the molecule is CC(=O)NC12CCC(c3nncs3)(C1)C2.N#CC1CCC(c2nncs2)CC1. The van der Waals surface area contributed by atoms with E-state index in [-0.39, 0.29) is 22.8 Å². The van der Waals surface area contributed by atoms with E-state index in [4.69, 9.17) is 5.26 Å². The Labute approximate surface area is 172 Å². The molecule has 28 heavy (non-hydrogen) atoms. The van der Waals surface area contributed by atoms with E-state index in [1.165, 1.54) is 0 Å². The summed E-state index contributed by atoms with van der Waals surface area (Å²) in [5.41, 5.74) is 3.90. The molecule has 0 saturated heterocycles. The molecule has 2 aromatic rings. The van der Waals surface area contributed by atoms with Crippen LogP contribution in [0.15, 0.2) is 11.0 Å². The lowest BCUT2D eigenvalue weighted by Crippen LogP contribution is -2.56. The highest BCUT2D eigenvalue weighted by Gasteiger charge is 2.63. The third-order valence-corrected chi connectivity index (χ3v) is 8.12. The molecule has 4 fully saturated rings. The summed E-state index contributed by atoms with van der Waals surface area (Å²) in [6.45, 7) is 1.60. The van der Waals surface area contributed by atoms with Gasteiger partial charge in [-0.15, -0.1) is 43.1 Å². The molecule has 4 aliphatic carbocycles. The lowest BCUT2D eigenvalue weighted by Gasteiger charge is -2.46. The van der Waals surface area contributed by atoms with Crippen LogP contribution in [0.1, 0.15) is 74.2 Å². The van der Waals surface area contributed by atoms with Gasteiger partial charge in [-0.2, -0.15) is 5.26 Å². The number of aromatic nitrogens is 4. The van der Waals surface area contributed by atoms with Crippen LogP contribution in [0, 0.1) is 17.2 Å². The highest BCUT2D eigenvalue weighted by molar-refractivity contribution is 7.09. The van der Waals surface area contributed by atoms with Crippen molar-refractivity contribution in [2.75, 3.05) is 0 Å². The number of amides is 1. The molecular formula is C19H24N6OS2. The van der Waals surface area contributed by atoms with E-state index < -0.39 is 0 Å². The number of hydrogen-bond donors (Lipinski definition) is 1. The Bertz CT molecular complexity index is 830. The van der Waals surface area contributed by atoms with E-state index in [1.54, 1.807) is 40.6 Å². The summed E-state index contributed by atoms with van der Waals surface area (Å²) in [5.74, 6) is 0.934. The Balaban J connectivity index is 0.000000139. The van der Waals surface area contributed by atoms with Crippen molar-refractivity contribution in [1.82, 2.24) is 25.7 Å². The van der Waals surface area contributed by atoms with Crippen LogP contribution < -0.4 is 5.32 Å². The van der Waals surface area contributed by atoms with Crippen LogP contribution in [0.4, 0.5) is 0 Å². The first-order valence-electron chi connectivity index (χ1n) is 9.75. The summed E-state index contributed by atoms with van der Waals surface area (Å²) in [5, 5.41) is 30.1. The number of fused-ring (bicyclic) bond motifs is 1. The second kappa shape index (κ2) is 7.84. The maximum Gasteiger partial charge on any atom is 0.217 e. The van der Waals surface area contributed by atoms with Crippen molar-refractivity contribution in [2.24, 2.45) is 5.92 Å². The van der Waals surface area contributed by atoms with Crippen LogP contribution in [0.3, 0.4) is 0 Å². The van der Waals surface area contributed by atoms with Gasteiger partial charge in [0.15, 0.2) is 0 Å². The summed E-state index contributed by atoms with van der Waals surface area (Å²) in [7, 11) is 0. The first kappa shape index (κ1) is 19.4. The van der Waals surface area contributed by atoms with Crippen LogP contribution in [-0.4, -0.2) is 31.8 Å². The highest BCUT2D eigenvalue weighted by Crippen LogP contribution is 2.62. The maximum atomic E-state index is 11.1. The van der Waals surface area contributed by atoms with Gasteiger partial charge in [0.25, 0.3) is 0 Å². The third kappa shape index (κ3) is 3.80. The van der Waals surface area contributed by atoms with Gasteiger partial charge < -0.3 is 5.32 Å². The van der Waals surface area contributed by atoms with E-state index in [9.17, 15) is 4.79 Å². The zero-order valence-corrected chi connectivity index (χ0v) is 17.6. The quantitative estimate of drug-likeness (QED) is 0.820. The molecule has 1 N–H and O–H groups in total. The van der Waals surface area contributed by atoms with Crippen LogP contribution >= 0.6 is 22.7 Å². The number of nitrogens with one attached hydrogen (secondary N) is 1. The average molecular weight is 417 g/mol. The van der Waals surface area contributed by atoms with Crippen LogP contribution in [-0.2, 0) is 10.2 Å². The summed E-state index contributed by atoms with van der Waals surface area (Å²) in [4.78, 5) is 11.1. The van der Waals surface area contributed by atoms with Crippen molar-refractivity contribution >= 4 is 28.6 Å². The van der Waals surface area contributed by atoms with Gasteiger partial charge in [-0.05, 0) is 51.4 Å². The minimum Gasteiger partial charge on any atom is -0.351 e. The van der Waals surface area contributed by atoms with Crippen molar-refractivity contribution in [3.05, 3.63) is 21.0 Å². The first-order chi connectivity index (χ1) is 13.5. The predicted octanol–water partition coefficient (Wildman–Crippen LogP) is 3.57. The minimum absolute atomic E-state index is 0.0809. The lowest BCUT2D eigenvalue weighted by atomic mass is 9.65. The molecule has 0 aliphatic heterocycles. The van der Waals surface area contributed by atoms with Crippen LogP contribution in [0.25, 0.3) is 0 Å².